The molecule has 1 fully saturated rings. The minimum atomic E-state index is -3.54. The van der Waals surface area contributed by atoms with Crippen LogP contribution in [0.3, 0.4) is 0 Å². The summed E-state index contributed by atoms with van der Waals surface area (Å²) in [6.07, 6.45) is 3.66. The average Bonchev–Trinajstić information content (AvgIpc) is 2.64. The highest BCUT2D eigenvalue weighted by molar-refractivity contribution is 7.89. The van der Waals surface area contributed by atoms with Crippen molar-refractivity contribution in [3.05, 3.63) is 65.2 Å². The van der Waals surface area contributed by atoms with Crippen molar-refractivity contribution in [2.75, 3.05) is 19.6 Å². The summed E-state index contributed by atoms with van der Waals surface area (Å²) < 4.78 is 28.0. The molecule has 0 saturated carbocycles. The molecular formula is C19H24ClN2O2S+. The second-order valence-electron chi connectivity index (χ2n) is 6.49. The molecule has 25 heavy (non-hydrogen) atoms. The Bertz CT molecular complexity index is 773. The topological polar surface area (TPSA) is 50.6 Å². The molecule has 0 radical (unpaired) electrons. The van der Waals surface area contributed by atoms with Gasteiger partial charge in [-0.25, -0.2) is 13.1 Å². The van der Waals surface area contributed by atoms with Crippen molar-refractivity contribution in [3.63, 3.8) is 0 Å². The molecule has 3 rings (SSSR count). The molecule has 1 aliphatic heterocycles. The second-order valence-corrected chi connectivity index (χ2v) is 8.69. The molecule has 0 spiro atoms. The van der Waals surface area contributed by atoms with Crippen molar-refractivity contribution >= 4 is 21.6 Å². The standard InChI is InChI=1S/C19H23ClN2O2S/c20-17-9-11-18(12-10-17)25(23,24)21-15-19(16-7-3-1-4-8-16)22-13-5-2-6-14-22/h1,3-4,7-12,19,21H,2,5-6,13-15H2/p+1/t19-/m1/s1. The number of piperidine rings is 1. The van der Waals surface area contributed by atoms with Crippen LogP contribution in [0, 0.1) is 0 Å². The minimum absolute atomic E-state index is 0.128. The van der Waals surface area contributed by atoms with Crippen molar-refractivity contribution in [3.8, 4) is 0 Å². The lowest BCUT2D eigenvalue weighted by Gasteiger charge is -2.32. The first kappa shape index (κ1) is 18.4. The molecule has 1 saturated heterocycles. The fourth-order valence-corrected chi connectivity index (χ4v) is 4.60. The number of likely N-dealkylation sites (tertiary alicyclic amines) is 1. The molecule has 1 atom stereocenters. The first-order valence-electron chi connectivity index (χ1n) is 8.71. The summed E-state index contributed by atoms with van der Waals surface area (Å²) in [4.78, 5) is 1.70. The lowest BCUT2D eigenvalue weighted by molar-refractivity contribution is -0.934. The Balaban J connectivity index is 1.77. The third kappa shape index (κ3) is 4.82. The molecule has 134 valence electrons. The van der Waals surface area contributed by atoms with Gasteiger partial charge in [-0.05, 0) is 43.5 Å². The maximum absolute atomic E-state index is 12.6. The van der Waals surface area contributed by atoms with Gasteiger partial charge < -0.3 is 4.90 Å². The van der Waals surface area contributed by atoms with Gasteiger partial charge in [-0.1, -0.05) is 41.9 Å². The van der Waals surface area contributed by atoms with Crippen LogP contribution in [0.5, 0.6) is 0 Å². The van der Waals surface area contributed by atoms with E-state index >= 15 is 0 Å². The number of hydrogen-bond donors (Lipinski definition) is 2. The summed E-state index contributed by atoms with van der Waals surface area (Å²) in [7, 11) is -3.54. The van der Waals surface area contributed by atoms with Gasteiger partial charge in [0.05, 0.1) is 24.5 Å². The van der Waals surface area contributed by atoms with Crippen molar-refractivity contribution in [2.45, 2.75) is 30.2 Å². The molecule has 4 nitrogen and oxygen atoms in total. The van der Waals surface area contributed by atoms with Crippen LogP contribution >= 0.6 is 11.6 Å². The van der Waals surface area contributed by atoms with Gasteiger partial charge in [0.2, 0.25) is 10.0 Å². The van der Waals surface area contributed by atoms with Crippen molar-refractivity contribution in [2.24, 2.45) is 0 Å². The van der Waals surface area contributed by atoms with E-state index in [-0.39, 0.29) is 10.9 Å². The van der Waals surface area contributed by atoms with E-state index in [4.69, 9.17) is 11.6 Å². The average molecular weight is 380 g/mol. The van der Waals surface area contributed by atoms with E-state index in [9.17, 15) is 8.42 Å². The van der Waals surface area contributed by atoms with Crippen LogP contribution in [-0.2, 0) is 10.0 Å². The quantitative estimate of drug-likeness (QED) is 0.809. The molecule has 0 aliphatic carbocycles. The van der Waals surface area contributed by atoms with Crippen LogP contribution in [0.15, 0.2) is 59.5 Å². The van der Waals surface area contributed by atoms with Gasteiger partial charge in [-0.2, -0.15) is 0 Å². The summed E-state index contributed by atoms with van der Waals surface area (Å²) in [5, 5.41) is 0.527. The van der Waals surface area contributed by atoms with Crippen molar-refractivity contribution in [1.29, 1.82) is 0 Å². The maximum Gasteiger partial charge on any atom is 0.240 e. The molecule has 6 heteroatoms. The Morgan fingerprint density at radius 1 is 0.960 bits per heavy atom. The van der Waals surface area contributed by atoms with Gasteiger partial charge in [-0.3, -0.25) is 0 Å². The lowest BCUT2D eigenvalue weighted by atomic mass is 10.0. The third-order valence-electron chi connectivity index (χ3n) is 4.79. The summed E-state index contributed by atoms with van der Waals surface area (Å²) >= 11 is 5.85. The van der Waals surface area contributed by atoms with E-state index in [1.165, 1.54) is 41.9 Å². The van der Waals surface area contributed by atoms with Crippen LogP contribution in [0.2, 0.25) is 5.02 Å². The Morgan fingerprint density at radius 3 is 2.24 bits per heavy atom. The van der Waals surface area contributed by atoms with E-state index < -0.39 is 10.0 Å². The fraction of sp³-hybridized carbons (Fsp3) is 0.368. The van der Waals surface area contributed by atoms with E-state index in [0.717, 1.165) is 13.1 Å². The van der Waals surface area contributed by atoms with Gasteiger partial charge >= 0.3 is 0 Å². The Hall–Kier alpha value is -1.40. The van der Waals surface area contributed by atoms with Crippen LogP contribution in [-0.4, -0.2) is 28.1 Å². The van der Waals surface area contributed by atoms with Crippen LogP contribution in [0.1, 0.15) is 30.9 Å². The molecule has 0 aromatic heterocycles. The molecule has 0 amide bonds. The molecule has 0 bridgehead atoms. The molecule has 2 N–H and O–H groups in total. The monoisotopic (exact) mass is 379 g/mol. The van der Waals surface area contributed by atoms with Gasteiger partial charge in [-0.15, -0.1) is 0 Å². The van der Waals surface area contributed by atoms with Crippen LogP contribution in [0.25, 0.3) is 0 Å². The lowest BCUT2D eigenvalue weighted by Crippen LogP contribution is -3.13. The number of benzene rings is 2. The summed E-state index contributed by atoms with van der Waals surface area (Å²) in [6, 6.07) is 16.6. The van der Waals surface area contributed by atoms with E-state index in [1.54, 1.807) is 12.1 Å². The molecule has 2 aromatic rings. The zero-order valence-electron chi connectivity index (χ0n) is 14.1. The SMILES string of the molecule is O=S(=O)(NC[C@H](c1ccccc1)[NH+]1CCCCC1)c1ccc(Cl)cc1. The fourth-order valence-electron chi connectivity index (χ4n) is 3.43. The number of nitrogens with one attached hydrogen (secondary N) is 2. The number of sulfonamides is 1. The smallest absolute Gasteiger partial charge is 0.240 e. The van der Waals surface area contributed by atoms with Gasteiger partial charge in [0.25, 0.3) is 0 Å². The summed E-state index contributed by atoms with van der Waals surface area (Å²) in [5.74, 6) is 0. The predicted octanol–water partition coefficient (Wildman–Crippen LogP) is 2.43. The molecular weight excluding hydrogens is 356 g/mol. The van der Waals surface area contributed by atoms with E-state index in [1.807, 2.05) is 18.2 Å². The number of hydrogen-bond acceptors (Lipinski definition) is 2. The molecule has 1 aliphatic rings. The predicted molar refractivity (Wildman–Crippen MR) is 100 cm³/mol. The molecule has 0 unspecified atom stereocenters. The first-order valence-corrected chi connectivity index (χ1v) is 10.6. The third-order valence-corrected chi connectivity index (χ3v) is 6.48. The summed E-state index contributed by atoms with van der Waals surface area (Å²) in [6.45, 7) is 2.56. The van der Waals surface area contributed by atoms with Gasteiger partial charge in [0.1, 0.15) is 6.04 Å². The van der Waals surface area contributed by atoms with Gasteiger partial charge in [0, 0.05) is 10.6 Å². The largest absolute Gasteiger partial charge is 0.328 e. The second kappa shape index (κ2) is 8.32. The Kier molecular flexibility index (Phi) is 6.12. The molecule has 1 heterocycles. The van der Waals surface area contributed by atoms with E-state index in [0.29, 0.717) is 11.6 Å². The highest BCUT2D eigenvalue weighted by atomic mass is 35.5. The highest BCUT2D eigenvalue weighted by Gasteiger charge is 2.27. The number of halogens is 1. The summed E-state index contributed by atoms with van der Waals surface area (Å²) in [5.41, 5.74) is 1.18. The zero-order valence-corrected chi connectivity index (χ0v) is 15.7. The molecule has 2 aromatic carbocycles. The van der Waals surface area contributed by atoms with Gasteiger partial charge in [0.15, 0.2) is 0 Å². The maximum atomic E-state index is 12.6. The van der Waals surface area contributed by atoms with Crippen LogP contribution in [0.4, 0.5) is 0 Å². The Labute approximate surface area is 154 Å². The van der Waals surface area contributed by atoms with Crippen molar-refractivity contribution in [1.82, 2.24) is 4.72 Å². The zero-order chi connectivity index (χ0) is 17.7. The van der Waals surface area contributed by atoms with Crippen molar-refractivity contribution < 1.29 is 13.3 Å². The normalized spacial score (nSPS) is 17.3. The van der Waals surface area contributed by atoms with E-state index in [2.05, 4.69) is 16.9 Å². The number of quaternary nitrogens is 1. The highest BCUT2D eigenvalue weighted by Crippen LogP contribution is 2.15. The number of rotatable bonds is 6. The minimum Gasteiger partial charge on any atom is -0.328 e. The Morgan fingerprint density at radius 2 is 1.60 bits per heavy atom. The van der Waals surface area contributed by atoms with Crippen LogP contribution < -0.4 is 9.62 Å². The first-order chi connectivity index (χ1) is 12.1.